The molecular weight excluding hydrogens is 428 g/mol. The topological polar surface area (TPSA) is 47.5 Å². The van der Waals surface area contributed by atoms with Gasteiger partial charge in [-0.1, -0.05) is 6.42 Å². The first-order valence-corrected chi connectivity index (χ1v) is 9.67. The average molecular weight is 449 g/mol. The Labute approximate surface area is 175 Å². The van der Waals surface area contributed by atoms with Crippen LogP contribution in [0.15, 0.2) is 30.5 Å². The molecule has 0 radical (unpaired) electrons. The van der Waals surface area contributed by atoms with Crippen LogP contribution in [0.2, 0.25) is 0 Å². The van der Waals surface area contributed by atoms with E-state index in [0.29, 0.717) is 17.6 Å². The van der Waals surface area contributed by atoms with Crippen molar-refractivity contribution in [2.24, 2.45) is 0 Å². The van der Waals surface area contributed by atoms with Crippen LogP contribution < -0.4 is 14.4 Å². The third kappa shape index (κ3) is 6.38. The molecule has 11 heteroatoms. The fourth-order valence-corrected chi connectivity index (χ4v) is 3.21. The van der Waals surface area contributed by atoms with Crippen molar-refractivity contribution in [1.29, 1.82) is 0 Å². The van der Waals surface area contributed by atoms with Gasteiger partial charge < -0.3 is 14.4 Å². The summed E-state index contributed by atoms with van der Waals surface area (Å²) in [4.78, 5) is 8.56. The van der Waals surface area contributed by atoms with Crippen LogP contribution in [0.4, 0.5) is 38.0 Å². The van der Waals surface area contributed by atoms with Crippen molar-refractivity contribution < 1.29 is 35.8 Å². The van der Waals surface area contributed by atoms with E-state index in [1.54, 1.807) is 24.3 Å². The lowest BCUT2D eigenvalue weighted by Gasteiger charge is -2.24. The Kier molecular flexibility index (Phi) is 6.80. The Hall–Kier alpha value is -2.72. The molecule has 1 heterocycles. The molecule has 3 rings (SSSR count). The zero-order valence-corrected chi connectivity index (χ0v) is 16.6. The average Bonchev–Trinajstić information content (AvgIpc) is 2.71. The van der Waals surface area contributed by atoms with Crippen LogP contribution in [0, 0.1) is 0 Å². The first-order valence-electron chi connectivity index (χ1n) is 9.67. The van der Waals surface area contributed by atoms with E-state index in [9.17, 15) is 26.3 Å². The molecule has 0 unspecified atom stereocenters. The summed E-state index contributed by atoms with van der Waals surface area (Å²) in [6.45, 7) is -1.90. The molecule has 31 heavy (non-hydrogen) atoms. The van der Waals surface area contributed by atoms with Gasteiger partial charge in [-0.25, -0.2) is 4.98 Å². The van der Waals surface area contributed by atoms with Gasteiger partial charge in [-0.3, -0.25) is 0 Å². The number of anilines is 2. The molecule has 2 aromatic rings. The van der Waals surface area contributed by atoms with Crippen molar-refractivity contribution in [3.63, 3.8) is 0 Å². The zero-order chi connectivity index (χ0) is 22.6. The molecule has 1 aromatic heterocycles. The minimum atomic E-state index is -4.96. The summed E-state index contributed by atoms with van der Waals surface area (Å²) in [7, 11) is 1.48. The van der Waals surface area contributed by atoms with Crippen molar-refractivity contribution in [2.75, 3.05) is 18.6 Å². The lowest BCUT2D eigenvalue weighted by Crippen LogP contribution is -2.23. The second-order valence-corrected chi connectivity index (χ2v) is 7.22. The summed E-state index contributed by atoms with van der Waals surface area (Å²) >= 11 is 0. The van der Waals surface area contributed by atoms with Gasteiger partial charge in [-0.2, -0.15) is 31.3 Å². The fourth-order valence-electron chi connectivity index (χ4n) is 3.21. The standard InChI is InChI=1S/C20H21F6N3O2/c1-29(13-7-9-15(10-8-13)31-14-5-3-2-4-6-14)18-27-11-16(20(24,25)26)17(28-18)30-12-19(21,22)23/h7-11,14H,2-6,12H2,1H3. The summed E-state index contributed by atoms with van der Waals surface area (Å²) in [5, 5.41) is 0. The number of hydrogen-bond donors (Lipinski definition) is 0. The molecule has 0 atom stereocenters. The number of halogens is 6. The molecule has 5 nitrogen and oxygen atoms in total. The molecule has 170 valence electrons. The molecular formula is C20H21F6N3O2. The highest BCUT2D eigenvalue weighted by molar-refractivity contribution is 5.58. The lowest BCUT2D eigenvalue weighted by atomic mass is 9.98. The SMILES string of the molecule is CN(c1ccc(OC2CCCCC2)cc1)c1ncc(C(F)(F)F)c(OCC(F)(F)F)n1. The van der Waals surface area contributed by atoms with E-state index in [1.807, 2.05) is 0 Å². The van der Waals surface area contributed by atoms with E-state index in [1.165, 1.54) is 18.4 Å². The second-order valence-electron chi connectivity index (χ2n) is 7.22. The van der Waals surface area contributed by atoms with Crippen LogP contribution in [0.1, 0.15) is 37.7 Å². The van der Waals surface area contributed by atoms with Crippen LogP contribution in [0.5, 0.6) is 11.6 Å². The maximum absolute atomic E-state index is 13.1. The molecule has 0 aliphatic heterocycles. The largest absolute Gasteiger partial charge is 0.490 e. The summed E-state index contributed by atoms with van der Waals surface area (Å²) in [5.41, 5.74) is -0.970. The van der Waals surface area contributed by atoms with E-state index in [0.717, 1.165) is 25.7 Å². The third-order valence-electron chi connectivity index (χ3n) is 4.80. The van der Waals surface area contributed by atoms with Gasteiger partial charge in [0, 0.05) is 18.9 Å². The van der Waals surface area contributed by atoms with E-state index >= 15 is 0 Å². The van der Waals surface area contributed by atoms with E-state index in [2.05, 4.69) is 14.7 Å². The maximum Gasteiger partial charge on any atom is 0.423 e. The van der Waals surface area contributed by atoms with Gasteiger partial charge in [0.25, 0.3) is 0 Å². The van der Waals surface area contributed by atoms with Gasteiger partial charge >= 0.3 is 12.4 Å². The second kappa shape index (κ2) is 9.19. The van der Waals surface area contributed by atoms with Gasteiger partial charge in [0.2, 0.25) is 11.8 Å². The number of aromatic nitrogens is 2. The highest BCUT2D eigenvalue weighted by atomic mass is 19.4. The summed E-state index contributed by atoms with van der Waals surface area (Å²) in [6, 6.07) is 6.75. The van der Waals surface area contributed by atoms with E-state index in [-0.39, 0.29) is 12.1 Å². The molecule has 1 aromatic carbocycles. The molecule has 0 N–H and O–H groups in total. The number of rotatable bonds is 6. The van der Waals surface area contributed by atoms with Gasteiger partial charge in [-0.05, 0) is 49.9 Å². The maximum atomic E-state index is 13.1. The molecule has 1 saturated carbocycles. The van der Waals surface area contributed by atoms with Crippen LogP contribution in [0.25, 0.3) is 0 Å². The number of alkyl halides is 6. The quantitative estimate of drug-likeness (QED) is 0.513. The summed E-state index contributed by atoms with van der Waals surface area (Å²) < 4.78 is 86.8. The molecule has 1 fully saturated rings. The minimum absolute atomic E-state index is 0.156. The Morgan fingerprint density at radius 2 is 1.65 bits per heavy atom. The van der Waals surface area contributed by atoms with Gasteiger partial charge in [0.1, 0.15) is 11.3 Å². The predicted molar refractivity (Wildman–Crippen MR) is 101 cm³/mol. The molecule has 0 saturated heterocycles. The molecule has 0 amide bonds. The van der Waals surface area contributed by atoms with E-state index < -0.39 is 30.4 Å². The van der Waals surface area contributed by atoms with Gasteiger partial charge in [0.05, 0.1) is 6.10 Å². The Morgan fingerprint density at radius 1 is 1.00 bits per heavy atom. The molecule has 0 spiro atoms. The van der Waals surface area contributed by atoms with Crippen LogP contribution in [0.3, 0.4) is 0 Å². The smallest absolute Gasteiger partial charge is 0.423 e. The first kappa shape index (κ1) is 23.0. The van der Waals surface area contributed by atoms with Crippen molar-refractivity contribution >= 4 is 11.6 Å². The molecule has 1 aliphatic rings. The molecule has 1 aliphatic carbocycles. The van der Waals surface area contributed by atoms with Crippen LogP contribution >= 0.6 is 0 Å². The lowest BCUT2D eigenvalue weighted by molar-refractivity contribution is -0.159. The predicted octanol–water partition coefficient (Wildman–Crippen LogP) is 5.92. The fraction of sp³-hybridized carbons (Fsp3) is 0.500. The van der Waals surface area contributed by atoms with Crippen molar-refractivity contribution in [2.45, 2.75) is 50.6 Å². The van der Waals surface area contributed by atoms with Crippen molar-refractivity contribution in [1.82, 2.24) is 9.97 Å². The normalized spacial score (nSPS) is 15.6. The minimum Gasteiger partial charge on any atom is -0.490 e. The third-order valence-corrected chi connectivity index (χ3v) is 4.80. The highest BCUT2D eigenvalue weighted by Gasteiger charge is 2.38. The number of benzene rings is 1. The summed E-state index contributed by atoms with van der Waals surface area (Å²) in [6.07, 6.45) is -3.79. The van der Waals surface area contributed by atoms with E-state index in [4.69, 9.17) is 4.74 Å². The molecule has 0 bridgehead atoms. The Morgan fingerprint density at radius 3 is 2.23 bits per heavy atom. The zero-order valence-electron chi connectivity index (χ0n) is 16.6. The monoisotopic (exact) mass is 449 g/mol. The van der Waals surface area contributed by atoms with Crippen LogP contribution in [-0.4, -0.2) is 35.9 Å². The van der Waals surface area contributed by atoms with Gasteiger partial charge in [-0.15, -0.1) is 0 Å². The van der Waals surface area contributed by atoms with Crippen molar-refractivity contribution in [3.8, 4) is 11.6 Å². The highest BCUT2D eigenvalue weighted by Crippen LogP contribution is 2.37. The summed E-state index contributed by atoms with van der Waals surface area (Å²) in [5.74, 6) is -0.767. The number of hydrogen-bond acceptors (Lipinski definition) is 5. The number of ether oxygens (including phenoxy) is 2. The first-order chi connectivity index (χ1) is 14.5. The Balaban J connectivity index is 1.77. The Bertz CT molecular complexity index is 865. The van der Waals surface area contributed by atoms with Gasteiger partial charge in [0.15, 0.2) is 6.61 Å². The van der Waals surface area contributed by atoms with Crippen LogP contribution in [-0.2, 0) is 6.18 Å². The van der Waals surface area contributed by atoms with Crippen molar-refractivity contribution in [3.05, 3.63) is 36.0 Å². The number of nitrogens with zero attached hydrogens (tertiary/aromatic N) is 3.